The van der Waals surface area contributed by atoms with Crippen LogP contribution in [0.15, 0.2) is 12.1 Å². The topological polar surface area (TPSA) is 24.9 Å². The molecule has 1 heterocycles. The second kappa shape index (κ2) is 5.45. The molecule has 0 radical (unpaired) electrons. The van der Waals surface area contributed by atoms with Crippen LogP contribution in [0.4, 0.5) is 13.2 Å². The van der Waals surface area contributed by atoms with Gasteiger partial charge < -0.3 is 5.32 Å². The van der Waals surface area contributed by atoms with Crippen LogP contribution in [-0.4, -0.2) is 10.5 Å². The molecule has 2 nitrogen and oxygen atoms in total. The molecule has 0 saturated carbocycles. The Bertz CT molecular complexity index is 416. The normalized spacial score (nSPS) is 12.8. The minimum Gasteiger partial charge on any atom is -0.308 e. The average molecular weight is 281 g/mol. The summed E-state index contributed by atoms with van der Waals surface area (Å²) in [5.41, 5.74) is -0.612. The molecule has 0 spiro atoms. The van der Waals surface area contributed by atoms with Crippen LogP contribution in [-0.2, 0) is 12.7 Å². The lowest BCUT2D eigenvalue weighted by Crippen LogP contribution is -2.37. The third kappa shape index (κ3) is 4.46. The number of hydrogen-bond donors (Lipinski definition) is 1. The molecular weight excluding hydrogens is 265 g/mol. The molecule has 1 aromatic rings. The zero-order valence-corrected chi connectivity index (χ0v) is 11.3. The highest BCUT2D eigenvalue weighted by Crippen LogP contribution is 2.29. The summed E-state index contributed by atoms with van der Waals surface area (Å²) >= 11 is 5.60. The van der Waals surface area contributed by atoms with Crippen molar-refractivity contribution >= 4 is 11.6 Å². The van der Waals surface area contributed by atoms with Crippen molar-refractivity contribution in [1.29, 1.82) is 0 Å². The largest absolute Gasteiger partial charge is 0.433 e. The van der Waals surface area contributed by atoms with E-state index in [0.717, 1.165) is 12.5 Å². The summed E-state index contributed by atoms with van der Waals surface area (Å²) in [5, 5.41) is 3.03. The summed E-state index contributed by atoms with van der Waals surface area (Å²) in [6.07, 6.45) is -3.60. The van der Waals surface area contributed by atoms with Crippen LogP contribution < -0.4 is 5.32 Å². The van der Waals surface area contributed by atoms with E-state index in [9.17, 15) is 13.2 Å². The van der Waals surface area contributed by atoms with Gasteiger partial charge in [0, 0.05) is 12.1 Å². The molecule has 0 amide bonds. The predicted octanol–water partition coefficient (Wildman–Crippen LogP) is 4.03. The van der Waals surface area contributed by atoms with Crippen molar-refractivity contribution in [3.05, 3.63) is 28.5 Å². The average Bonchev–Trinajstić information content (AvgIpc) is 2.25. The van der Waals surface area contributed by atoms with Crippen LogP contribution in [0.5, 0.6) is 0 Å². The molecule has 102 valence electrons. The Morgan fingerprint density at radius 3 is 2.39 bits per heavy atom. The number of pyridine rings is 1. The van der Waals surface area contributed by atoms with E-state index in [4.69, 9.17) is 11.6 Å². The lowest BCUT2D eigenvalue weighted by Gasteiger charge is -2.24. The van der Waals surface area contributed by atoms with Crippen molar-refractivity contribution in [2.45, 2.75) is 45.5 Å². The maximum absolute atomic E-state index is 12.5. The minimum atomic E-state index is -4.47. The molecule has 0 aliphatic heterocycles. The first-order chi connectivity index (χ1) is 8.14. The van der Waals surface area contributed by atoms with E-state index in [1.807, 2.05) is 20.8 Å². The Morgan fingerprint density at radius 1 is 1.28 bits per heavy atom. The Kier molecular flexibility index (Phi) is 4.61. The summed E-state index contributed by atoms with van der Waals surface area (Å²) in [4.78, 5) is 3.28. The van der Waals surface area contributed by atoms with Gasteiger partial charge in [0.2, 0.25) is 0 Å². The number of nitrogens with zero attached hydrogens (tertiary/aromatic N) is 1. The molecule has 0 saturated heterocycles. The molecule has 0 aliphatic carbocycles. The van der Waals surface area contributed by atoms with Gasteiger partial charge in [-0.25, -0.2) is 4.98 Å². The fourth-order valence-electron chi connectivity index (χ4n) is 1.26. The smallest absolute Gasteiger partial charge is 0.308 e. The fourth-order valence-corrected chi connectivity index (χ4v) is 1.49. The second-order valence-electron chi connectivity index (χ2n) is 4.77. The lowest BCUT2D eigenvalue weighted by atomic mass is 10.0. The quantitative estimate of drug-likeness (QED) is 0.842. The van der Waals surface area contributed by atoms with Gasteiger partial charge in [-0.1, -0.05) is 18.5 Å². The number of halogens is 4. The van der Waals surface area contributed by atoms with E-state index in [1.165, 1.54) is 6.07 Å². The Hall–Kier alpha value is -0.810. The van der Waals surface area contributed by atoms with Gasteiger partial charge in [0.25, 0.3) is 0 Å². The Morgan fingerprint density at radius 2 is 1.89 bits per heavy atom. The number of nitrogens with one attached hydrogen (secondary N) is 1. The zero-order chi connectivity index (χ0) is 14.0. The monoisotopic (exact) mass is 280 g/mol. The summed E-state index contributed by atoms with van der Waals surface area (Å²) in [7, 11) is 0. The van der Waals surface area contributed by atoms with Crippen molar-refractivity contribution in [2.75, 3.05) is 0 Å². The summed E-state index contributed by atoms with van der Waals surface area (Å²) in [5.74, 6) is 0. The van der Waals surface area contributed by atoms with Gasteiger partial charge >= 0.3 is 6.18 Å². The number of hydrogen-bond acceptors (Lipinski definition) is 2. The molecule has 0 aliphatic rings. The third-order valence-corrected chi connectivity index (χ3v) is 2.99. The van der Waals surface area contributed by atoms with Crippen LogP contribution >= 0.6 is 11.6 Å². The van der Waals surface area contributed by atoms with Crippen LogP contribution in [0, 0.1) is 0 Å². The van der Waals surface area contributed by atoms with Crippen LogP contribution in [0.1, 0.15) is 38.4 Å². The molecule has 0 fully saturated rings. The fraction of sp³-hybridized carbons (Fsp3) is 0.583. The first-order valence-corrected chi connectivity index (χ1v) is 6.00. The molecule has 0 aromatic carbocycles. The lowest BCUT2D eigenvalue weighted by molar-refractivity contribution is -0.141. The molecule has 0 atom stereocenters. The van der Waals surface area contributed by atoms with Crippen LogP contribution in [0.3, 0.4) is 0 Å². The van der Waals surface area contributed by atoms with Gasteiger partial charge in [-0.2, -0.15) is 13.2 Å². The number of alkyl halides is 3. The van der Waals surface area contributed by atoms with Crippen LogP contribution in [0.25, 0.3) is 0 Å². The Labute approximate surface area is 110 Å². The molecular formula is C12H16ClF3N2. The standard InChI is InChI=1S/C12H16ClF3N2/c1-4-11(2,3)17-7-8-5-9(12(14,15)16)18-10(13)6-8/h5-6,17H,4,7H2,1-3H3. The maximum atomic E-state index is 12.5. The second-order valence-corrected chi connectivity index (χ2v) is 5.16. The SMILES string of the molecule is CCC(C)(C)NCc1cc(Cl)nc(C(F)(F)F)c1. The van der Waals surface area contributed by atoms with E-state index in [1.54, 1.807) is 0 Å². The molecule has 0 unspecified atom stereocenters. The minimum absolute atomic E-state index is 0.131. The van der Waals surface area contributed by atoms with Gasteiger partial charge in [0.15, 0.2) is 0 Å². The molecule has 1 aromatic heterocycles. The summed E-state index contributed by atoms with van der Waals surface area (Å²) < 4.78 is 37.6. The predicted molar refractivity (Wildman–Crippen MR) is 65.5 cm³/mol. The van der Waals surface area contributed by atoms with Gasteiger partial charge in [-0.15, -0.1) is 0 Å². The van der Waals surface area contributed by atoms with E-state index >= 15 is 0 Å². The van der Waals surface area contributed by atoms with Crippen molar-refractivity contribution in [3.63, 3.8) is 0 Å². The van der Waals surface area contributed by atoms with Gasteiger partial charge in [-0.3, -0.25) is 0 Å². The molecule has 1 rings (SSSR count). The van der Waals surface area contributed by atoms with Crippen molar-refractivity contribution in [1.82, 2.24) is 10.3 Å². The molecule has 18 heavy (non-hydrogen) atoms. The highest BCUT2D eigenvalue weighted by Gasteiger charge is 2.33. The molecule has 6 heteroatoms. The molecule has 0 bridgehead atoms. The van der Waals surface area contributed by atoms with E-state index in [2.05, 4.69) is 10.3 Å². The van der Waals surface area contributed by atoms with Crippen LogP contribution in [0.2, 0.25) is 5.15 Å². The Balaban J connectivity index is 2.88. The first kappa shape index (κ1) is 15.2. The third-order valence-electron chi connectivity index (χ3n) is 2.80. The van der Waals surface area contributed by atoms with Crippen molar-refractivity contribution in [2.24, 2.45) is 0 Å². The number of aromatic nitrogens is 1. The van der Waals surface area contributed by atoms with Crippen molar-refractivity contribution < 1.29 is 13.2 Å². The van der Waals surface area contributed by atoms with Gasteiger partial charge in [-0.05, 0) is 38.0 Å². The molecule has 1 N–H and O–H groups in total. The highest BCUT2D eigenvalue weighted by molar-refractivity contribution is 6.29. The highest BCUT2D eigenvalue weighted by atomic mass is 35.5. The maximum Gasteiger partial charge on any atom is 0.433 e. The van der Waals surface area contributed by atoms with E-state index in [0.29, 0.717) is 12.1 Å². The zero-order valence-electron chi connectivity index (χ0n) is 10.5. The number of rotatable bonds is 4. The van der Waals surface area contributed by atoms with Crippen molar-refractivity contribution in [3.8, 4) is 0 Å². The van der Waals surface area contributed by atoms with Gasteiger partial charge in [0.05, 0.1) is 0 Å². The van der Waals surface area contributed by atoms with E-state index in [-0.39, 0.29) is 10.7 Å². The van der Waals surface area contributed by atoms with Gasteiger partial charge in [0.1, 0.15) is 10.8 Å². The summed E-state index contributed by atoms with van der Waals surface area (Å²) in [6.45, 7) is 6.31. The van der Waals surface area contributed by atoms with E-state index < -0.39 is 11.9 Å². The summed E-state index contributed by atoms with van der Waals surface area (Å²) in [6, 6.07) is 2.46. The first-order valence-electron chi connectivity index (χ1n) is 5.63.